The second-order valence-corrected chi connectivity index (χ2v) is 24.2. The predicted molar refractivity (Wildman–Crippen MR) is 302 cm³/mol. The molecule has 1 aromatic carbocycles. The number of ether oxygens (including phenoxy) is 6. The lowest BCUT2D eigenvalue weighted by Crippen LogP contribution is -2.56. The van der Waals surface area contributed by atoms with Crippen LogP contribution in [0.25, 0.3) is 0 Å². The SMILES string of the molecule is COC1C(OC(=O)NCCOCCOCCNC(=O)CNC(=O)[C@@H](CC(C)C)NC(=O)[C@H](Cc2ccccc2)NC(=O)CNC(=O)C(C)(CC(C)(CC(C)C)C(=O)NCC(C)O)C(C)C)CC[C@]2(CO2)C1C1(C)O[C@@H]1CC=C(C)C. The quantitative estimate of drug-likeness (QED) is 0.0271. The Morgan fingerprint density at radius 1 is 0.787 bits per heavy atom. The molecule has 2 aliphatic heterocycles. The number of hydrogen-bond donors (Lipinski definition) is 8. The van der Waals surface area contributed by atoms with E-state index in [-0.39, 0.29) is 119 Å². The Labute approximate surface area is 475 Å². The summed E-state index contributed by atoms with van der Waals surface area (Å²) >= 11 is 0. The van der Waals surface area contributed by atoms with Gasteiger partial charge in [0.15, 0.2) is 0 Å². The van der Waals surface area contributed by atoms with Gasteiger partial charge < -0.3 is 70.7 Å². The average Bonchev–Trinajstić information content (AvgIpc) is 3.94. The van der Waals surface area contributed by atoms with E-state index >= 15 is 0 Å². The molecular formula is C59H97N7O14. The Bertz CT molecular complexity index is 2220. The number of benzene rings is 1. The second kappa shape index (κ2) is 31.3. The maximum atomic E-state index is 14.0. The minimum Gasteiger partial charge on any atom is -0.443 e. The van der Waals surface area contributed by atoms with Crippen molar-refractivity contribution in [2.75, 3.05) is 72.9 Å². The Kier molecular flexibility index (Phi) is 26.3. The maximum absolute atomic E-state index is 14.0. The van der Waals surface area contributed by atoms with Crippen LogP contribution in [0.4, 0.5) is 4.79 Å². The summed E-state index contributed by atoms with van der Waals surface area (Å²) in [7, 11) is 1.63. The standard InChI is InChI=1S/C59H97N7O14/c1-37(2)19-20-46-58(12,80-46)50-49(75-13)45(21-22-59(50)36-78-59)79-55(74)61-24-26-77-28-27-76-25-23-60-47(68)33-62-51(70)43(29-38(3)4)66-52(71)44(30-42-17-15-14-16-18-42)65-48(69)34-64-54(73)57(11,40(7)8)35-56(10,31-39(5)6)53(72)63-32-41(9)67/h14-19,38-41,43-46,49-50,67H,20-36H2,1-13H3,(H,60,68)(H,61,74)(H,62,70)(H,63,72)(H,64,73)(H,65,69)(H,66,71)/t41?,43-,44+,45?,46-,49?,50?,56?,57?,58?,59+/m1/s1. The molecule has 3 aliphatic rings. The van der Waals surface area contributed by atoms with Crippen molar-refractivity contribution in [2.45, 2.75) is 176 Å². The second-order valence-electron chi connectivity index (χ2n) is 24.2. The molecule has 0 aromatic heterocycles. The number of alkyl carbamates (subject to hydrolysis) is 1. The summed E-state index contributed by atoms with van der Waals surface area (Å²) in [5, 5.41) is 29.0. The number of nitrogens with one attached hydrogen (secondary N) is 7. The van der Waals surface area contributed by atoms with Crippen molar-refractivity contribution in [3.05, 3.63) is 47.5 Å². The van der Waals surface area contributed by atoms with Crippen LogP contribution in [0.2, 0.25) is 0 Å². The third-order valence-electron chi connectivity index (χ3n) is 15.6. The van der Waals surface area contributed by atoms with Gasteiger partial charge in [0.25, 0.3) is 0 Å². The van der Waals surface area contributed by atoms with Crippen LogP contribution in [0.3, 0.4) is 0 Å². The number of carbonyl (C=O) groups is 7. The van der Waals surface area contributed by atoms with Gasteiger partial charge in [0.1, 0.15) is 35.5 Å². The highest BCUT2D eigenvalue weighted by Crippen LogP contribution is 2.59. The van der Waals surface area contributed by atoms with Gasteiger partial charge >= 0.3 is 6.09 Å². The van der Waals surface area contributed by atoms with Gasteiger partial charge in [0, 0.05) is 44.0 Å². The molecule has 1 spiro atoms. The minimum absolute atomic E-state index is 0.0405. The molecule has 8 N–H and O–H groups in total. The van der Waals surface area contributed by atoms with Crippen molar-refractivity contribution in [1.82, 2.24) is 37.2 Å². The molecule has 452 valence electrons. The number of carbonyl (C=O) groups excluding carboxylic acids is 7. The number of methoxy groups -OCH3 is 1. The summed E-state index contributed by atoms with van der Waals surface area (Å²) in [5.74, 6) is -3.26. The molecule has 1 aromatic rings. The normalized spacial score (nSPS) is 23.8. The summed E-state index contributed by atoms with van der Waals surface area (Å²) in [6.07, 6.45) is 3.21. The molecule has 7 unspecified atom stereocenters. The molecule has 0 radical (unpaired) electrons. The number of aliphatic hydroxyl groups excluding tert-OH is 1. The monoisotopic (exact) mass is 1130 g/mol. The third kappa shape index (κ3) is 20.7. The first-order valence-corrected chi connectivity index (χ1v) is 28.7. The summed E-state index contributed by atoms with van der Waals surface area (Å²) < 4.78 is 35.3. The number of amides is 7. The smallest absolute Gasteiger partial charge is 0.407 e. The molecule has 0 bridgehead atoms. The Balaban J connectivity index is 1.18. The number of epoxide rings is 2. The van der Waals surface area contributed by atoms with E-state index in [1.165, 1.54) is 5.57 Å². The van der Waals surface area contributed by atoms with Crippen molar-refractivity contribution in [1.29, 1.82) is 0 Å². The molecule has 1 saturated carbocycles. The van der Waals surface area contributed by atoms with E-state index in [4.69, 9.17) is 28.4 Å². The number of aliphatic hydroxyl groups is 1. The van der Waals surface area contributed by atoms with Crippen LogP contribution in [-0.4, -0.2) is 167 Å². The van der Waals surface area contributed by atoms with Crippen LogP contribution in [0.15, 0.2) is 42.0 Å². The van der Waals surface area contributed by atoms with Crippen LogP contribution in [0.1, 0.15) is 127 Å². The zero-order valence-corrected chi connectivity index (χ0v) is 50.0. The molecule has 80 heavy (non-hydrogen) atoms. The number of hydrogen-bond acceptors (Lipinski definition) is 14. The van der Waals surface area contributed by atoms with Crippen molar-refractivity contribution in [3.8, 4) is 0 Å². The van der Waals surface area contributed by atoms with E-state index < -0.39 is 82.9 Å². The summed E-state index contributed by atoms with van der Waals surface area (Å²) in [4.78, 5) is 94.4. The minimum atomic E-state index is -1.14. The fraction of sp³-hybridized carbons (Fsp3) is 0.746. The predicted octanol–water partition coefficient (Wildman–Crippen LogP) is 4.03. The van der Waals surface area contributed by atoms with Crippen molar-refractivity contribution < 1.29 is 67.1 Å². The van der Waals surface area contributed by atoms with Crippen LogP contribution in [0.5, 0.6) is 0 Å². The highest BCUT2D eigenvalue weighted by Gasteiger charge is 2.72. The lowest BCUT2D eigenvalue weighted by Gasteiger charge is -2.42. The lowest BCUT2D eigenvalue weighted by atomic mass is 9.64. The van der Waals surface area contributed by atoms with Gasteiger partial charge in [-0.25, -0.2) is 4.79 Å². The van der Waals surface area contributed by atoms with Gasteiger partial charge in [0.05, 0.1) is 64.2 Å². The summed E-state index contributed by atoms with van der Waals surface area (Å²) in [5.41, 5.74) is -0.834. The summed E-state index contributed by atoms with van der Waals surface area (Å²) in [6.45, 7) is 24.1. The van der Waals surface area contributed by atoms with E-state index in [1.54, 1.807) is 45.2 Å². The van der Waals surface area contributed by atoms with Crippen LogP contribution in [-0.2, 0) is 63.6 Å². The van der Waals surface area contributed by atoms with Crippen molar-refractivity contribution >= 4 is 41.5 Å². The molecule has 11 atom stereocenters. The number of rotatable bonds is 35. The van der Waals surface area contributed by atoms with Gasteiger partial charge in [-0.15, -0.1) is 0 Å². The Morgan fingerprint density at radius 3 is 2.00 bits per heavy atom. The van der Waals surface area contributed by atoms with Gasteiger partial charge in [-0.3, -0.25) is 28.8 Å². The molecule has 3 fully saturated rings. The molecule has 7 amide bonds. The molecule has 2 heterocycles. The van der Waals surface area contributed by atoms with Crippen molar-refractivity contribution in [2.24, 2.45) is 34.5 Å². The maximum Gasteiger partial charge on any atom is 0.407 e. The summed E-state index contributed by atoms with van der Waals surface area (Å²) in [6, 6.07) is 6.85. The van der Waals surface area contributed by atoms with E-state index in [1.807, 2.05) is 54.5 Å². The Morgan fingerprint density at radius 2 is 1.43 bits per heavy atom. The first kappa shape index (κ1) is 67.3. The lowest BCUT2D eigenvalue weighted by molar-refractivity contribution is -0.142. The van der Waals surface area contributed by atoms with E-state index in [9.17, 15) is 38.7 Å². The fourth-order valence-electron chi connectivity index (χ4n) is 11.0. The molecule has 21 heteroatoms. The van der Waals surface area contributed by atoms with E-state index in [2.05, 4.69) is 64.1 Å². The molecular weight excluding hydrogens is 1030 g/mol. The first-order chi connectivity index (χ1) is 37.7. The van der Waals surface area contributed by atoms with Crippen LogP contribution >= 0.6 is 0 Å². The van der Waals surface area contributed by atoms with Gasteiger partial charge in [-0.2, -0.15) is 0 Å². The van der Waals surface area contributed by atoms with Gasteiger partial charge in [-0.05, 0) is 89.5 Å². The average molecular weight is 1130 g/mol. The largest absolute Gasteiger partial charge is 0.443 e. The Hall–Kier alpha value is -5.19. The molecule has 4 rings (SSSR count). The third-order valence-corrected chi connectivity index (χ3v) is 15.6. The molecule has 2 saturated heterocycles. The fourth-order valence-corrected chi connectivity index (χ4v) is 11.0. The first-order valence-electron chi connectivity index (χ1n) is 28.7. The molecule has 21 nitrogen and oxygen atoms in total. The van der Waals surface area contributed by atoms with Crippen molar-refractivity contribution in [3.63, 3.8) is 0 Å². The van der Waals surface area contributed by atoms with E-state index in [0.29, 0.717) is 19.4 Å². The van der Waals surface area contributed by atoms with Crippen LogP contribution < -0.4 is 37.2 Å². The zero-order chi connectivity index (χ0) is 59.4. The van der Waals surface area contributed by atoms with Gasteiger partial charge in [0.2, 0.25) is 35.4 Å². The van der Waals surface area contributed by atoms with E-state index in [0.717, 1.165) is 18.4 Å². The molecule has 1 aliphatic carbocycles. The zero-order valence-electron chi connectivity index (χ0n) is 50.0. The highest BCUT2D eigenvalue weighted by atomic mass is 16.6. The van der Waals surface area contributed by atoms with Gasteiger partial charge in [-0.1, -0.05) is 97.4 Å². The highest BCUT2D eigenvalue weighted by molar-refractivity contribution is 5.95. The topological polar surface area (TPSA) is 286 Å². The van der Waals surface area contributed by atoms with Crippen LogP contribution in [0, 0.1) is 34.5 Å². The number of allylic oxidation sites excluding steroid dienone is 1.